The van der Waals surface area contributed by atoms with Gasteiger partial charge in [0.05, 0.1) is 17.6 Å². The Morgan fingerprint density at radius 2 is 2.17 bits per heavy atom. The summed E-state index contributed by atoms with van der Waals surface area (Å²) in [6.07, 6.45) is 2.66. The number of aromatic nitrogens is 1. The van der Waals surface area contributed by atoms with Crippen LogP contribution >= 0.6 is 27.5 Å². The van der Waals surface area contributed by atoms with Gasteiger partial charge in [0.1, 0.15) is 5.69 Å². The average Bonchev–Trinajstić information content (AvgIpc) is 2.89. The van der Waals surface area contributed by atoms with Gasteiger partial charge in [-0.15, -0.1) is 0 Å². The van der Waals surface area contributed by atoms with Gasteiger partial charge in [0.15, 0.2) is 0 Å². The minimum absolute atomic E-state index is 0.202. The van der Waals surface area contributed by atoms with Crippen LogP contribution in [0.1, 0.15) is 36.7 Å². The molecule has 0 fully saturated rings. The van der Waals surface area contributed by atoms with E-state index in [1.807, 2.05) is 0 Å². The standard InChI is InChI=1S/C16H18BrClN2O3/c1-3-4-5-11(17)15(21)20-13-10-8-9(18)6-7-12(10)19-14(13)16(22)23-2/h6-8,11,19H,3-5H2,1-2H3,(H,20,21)/t11-/m1/s1. The summed E-state index contributed by atoms with van der Waals surface area (Å²) in [5.74, 6) is -0.753. The van der Waals surface area contributed by atoms with Crippen molar-refractivity contribution in [2.24, 2.45) is 0 Å². The first kappa shape index (κ1) is 17.8. The molecule has 0 radical (unpaired) electrons. The number of halogens is 2. The van der Waals surface area contributed by atoms with Crippen LogP contribution in [0.2, 0.25) is 5.02 Å². The summed E-state index contributed by atoms with van der Waals surface area (Å²) in [6.45, 7) is 2.06. The van der Waals surface area contributed by atoms with E-state index >= 15 is 0 Å². The van der Waals surface area contributed by atoms with Crippen LogP contribution in [0.5, 0.6) is 0 Å². The van der Waals surface area contributed by atoms with Crippen molar-refractivity contribution in [2.75, 3.05) is 12.4 Å². The topological polar surface area (TPSA) is 71.2 Å². The lowest BCUT2D eigenvalue weighted by molar-refractivity contribution is -0.115. The van der Waals surface area contributed by atoms with Crippen molar-refractivity contribution < 1.29 is 14.3 Å². The van der Waals surface area contributed by atoms with E-state index in [4.69, 9.17) is 16.3 Å². The van der Waals surface area contributed by atoms with E-state index in [0.29, 0.717) is 21.6 Å². The molecule has 0 unspecified atom stereocenters. The highest BCUT2D eigenvalue weighted by molar-refractivity contribution is 9.10. The summed E-state index contributed by atoms with van der Waals surface area (Å²) < 4.78 is 4.78. The third-order valence-corrected chi connectivity index (χ3v) is 4.60. The maximum atomic E-state index is 12.4. The molecule has 2 rings (SSSR count). The molecular weight excluding hydrogens is 384 g/mol. The van der Waals surface area contributed by atoms with Crippen LogP contribution < -0.4 is 5.32 Å². The lowest BCUT2D eigenvalue weighted by Gasteiger charge is -2.11. The minimum atomic E-state index is -0.549. The van der Waals surface area contributed by atoms with Gasteiger partial charge >= 0.3 is 5.97 Å². The third-order valence-electron chi connectivity index (χ3n) is 3.49. The number of esters is 1. The Bertz CT molecular complexity index is 729. The molecule has 0 aliphatic carbocycles. The number of carbonyl (C=O) groups excluding carboxylic acids is 2. The number of alkyl halides is 1. The predicted octanol–water partition coefficient (Wildman–Crippen LogP) is 4.50. The molecule has 1 amide bonds. The fraction of sp³-hybridized carbons (Fsp3) is 0.375. The third kappa shape index (κ3) is 4.06. The molecule has 1 aromatic carbocycles. The number of hydrogen-bond donors (Lipinski definition) is 2. The first-order chi connectivity index (χ1) is 11.0. The van der Waals surface area contributed by atoms with Crippen LogP contribution in [0.25, 0.3) is 10.9 Å². The van der Waals surface area contributed by atoms with Gasteiger partial charge in [-0.1, -0.05) is 47.3 Å². The van der Waals surface area contributed by atoms with Crippen LogP contribution in [-0.4, -0.2) is 28.8 Å². The number of H-pyrrole nitrogens is 1. The maximum Gasteiger partial charge on any atom is 0.356 e. The van der Waals surface area contributed by atoms with Gasteiger partial charge in [0.25, 0.3) is 0 Å². The average molecular weight is 402 g/mol. The Morgan fingerprint density at radius 3 is 2.83 bits per heavy atom. The summed E-state index contributed by atoms with van der Waals surface area (Å²) in [4.78, 5) is 27.0. The number of carbonyl (C=O) groups is 2. The SMILES string of the molecule is CCCC[C@@H](Br)C(=O)Nc1c(C(=O)OC)[nH]c2ccc(Cl)cc12. The zero-order chi connectivity index (χ0) is 17.0. The first-order valence-corrected chi connectivity index (χ1v) is 8.61. The van der Waals surface area contributed by atoms with Crippen molar-refractivity contribution in [3.8, 4) is 0 Å². The summed E-state index contributed by atoms with van der Waals surface area (Å²) >= 11 is 9.41. The molecule has 0 aliphatic rings. The van der Waals surface area contributed by atoms with Gasteiger partial charge in [-0.05, 0) is 24.6 Å². The molecule has 0 spiro atoms. The van der Waals surface area contributed by atoms with Crippen molar-refractivity contribution in [1.82, 2.24) is 4.98 Å². The van der Waals surface area contributed by atoms with Crippen LogP contribution in [-0.2, 0) is 9.53 Å². The molecule has 2 aromatic rings. The van der Waals surface area contributed by atoms with E-state index in [-0.39, 0.29) is 16.4 Å². The van der Waals surface area contributed by atoms with Crippen molar-refractivity contribution in [2.45, 2.75) is 31.0 Å². The maximum absolute atomic E-state index is 12.4. The number of fused-ring (bicyclic) bond motifs is 1. The zero-order valence-electron chi connectivity index (χ0n) is 12.9. The highest BCUT2D eigenvalue weighted by Gasteiger charge is 2.23. The number of methoxy groups -OCH3 is 1. The van der Waals surface area contributed by atoms with Crippen LogP contribution in [0.15, 0.2) is 18.2 Å². The van der Waals surface area contributed by atoms with Gasteiger partial charge in [-0.3, -0.25) is 4.79 Å². The Kier molecular flexibility index (Phi) is 6.07. The summed E-state index contributed by atoms with van der Waals surface area (Å²) in [5, 5.41) is 3.99. The van der Waals surface area contributed by atoms with Crippen LogP contribution in [0.3, 0.4) is 0 Å². The molecule has 1 atom stereocenters. The monoisotopic (exact) mass is 400 g/mol. The highest BCUT2D eigenvalue weighted by Crippen LogP contribution is 2.31. The van der Waals surface area contributed by atoms with Gasteiger partial charge in [0.2, 0.25) is 5.91 Å². The predicted molar refractivity (Wildman–Crippen MR) is 95.5 cm³/mol. The van der Waals surface area contributed by atoms with E-state index in [0.717, 1.165) is 19.3 Å². The Hall–Kier alpha value is -1.53. The summed E-state index contributed by atoms with van der Waals surface area (Å²) in [7, 11) is 1.29. The Balaban J connectivity index is 2.38. The number of benzene rings is 1. The normalized spacial score (nSPS) is 12.2. The number of aromatic amines is 1. The molecule has 0 saturated heterocycles. The molecule has 124 valence electrons. The summed E-state index contributed by atoms with van der Waals surface area (Å²) in [6, 6.07) is 5.16. The van der Waals surface area contributed by atoms with Gasteiger partial charge in [-0.2, -0.15) is 0 Å². The number of ether oxygens (including phenoxy) is 1. The smallest absolute Gasteiger partial charge is 0.356 e. The number of nitrogens with one attached hydrogen (secondary N) is 2. The van der Waals surface area contributed by atoms with E-state index < -0.39 is 5.97 Å². The second-order valence-electron chi connectivity index (χ2n) is 5.16. The molecule has 1 heterocycles. The second kappa shape index (κ2) is 7.84. The van der Waals surface area contributed by atoms with Crippen molar-refractivity contribution in [3.05, 3.63) is 28.9 Å². The molecule has 5 nitrogen and oxygen atoms in total. The van der Waals surface area contributed by atoms with Crippen molar-refractivity contribution in [3.63, 3.8) is 0 Å². The van der Waals surface area contributed by atoms with Crippen LogP contribution in [0.4, 0.5) is 5.69 Å². The first-order valence-electron chi connectivity index (χ1n) is 7.32. The van der Waals surface area contributed by atoms with Crippen molar-refractivity contribution >= 4 is 56.0 Å². The lowest BCUT2D eigenvalue weighted by Crippen LogP contribution is -2.23. The number of anilines is 1. The second-order valence-corrected chi connectivity index (χ2v) is 6.70. The number of hydrogen-bond acceptors (Lipinski definition) is 3. The van der Waals surface area contributed by atoms with E-state index in [9.17, 15) is 9.59 Å². The fourth-order valence-electron chi connectivity index (χ4n) is 2.27. The lowest BCUT2D eigenvalue weighted by atomic mass is 10.1. The largest absolute Gasteiger partial charge is 0.464 e. The number of rotatable bonds is 6. The molecule has 0 bridgehead atoms. The molecular formula is C16H18BrClN2O3. The van der Waals surface area contributed by atoms with Gasteiger partial charge in [0, 0.05) is 15.9 Å². The molecule has 0 aliphatic heterocycles. The fourth-order valence-corrected chi connectivity index (χ4v) is 2.88. The molecule has 2 N–H and O–H groups in total. The minimum Gasteiger partial charge on any atom is -0.464 e. The van der Waals surface area contributed by atoms with Crippen LogP contribution in [0, 0.1) is 0 Å². The Morgan fingerprint density at radius 1 is 1.43 bits per heavy atom. The molecule has 7 heteroatoms. The van der Waals surface area contributed by atoms with Gasteiger partial charge < -0.3 is 15.0 Å². The molecule has 1 aromatic heterocycles. The number of amides is 1. The highest BCUT2D eigenvalue weighted by atomic mass is 79.9. The number of unbranched alkanes of at least 4 members (excludes halogenated alkanes) is 1. The molecule has 23 heavy (non-hydrogen) atoms. The zero-order valence-corrected chi connectivity index (χ0v) is 15.3. The Labute approximate surface area is 147 Å². The van der Waals surface area contributed by atoms with E-state index in [1.165, 1.54) is 7.11 Å². The van der Waals surface area contributed by atoms with E-state index in [2.05, 4.69) is 33.2 Å². The van der Waals surface area contributed by atoms with E-state index in [1.54, 1.807) is 18.2 Å². The quantitative estimate of drug-likeness (QED) is 0.553. The summed E-state index contributed by atoms with van der Waals surface area (Å²) in [5.41, 5.74) is 1.29. The van der Waals surface area contributed by atoms with Gasteiger partial charge in [-0.25, -0.2) is 4.79 Å². The molecule has 0 saturated carbocycles. The van der Waals surface area contributed by atoms with Crippen molar-refractivity contribution in [1.29, 1.82) is 0 Å².